The van der Waals surface area contributed by atoms with E-state index in [1.807, 2.05) is 0 Å². The predicted molar refractivity (Wildman–Crippen MR) is 58.5 cm³/mol. The predicted octanol–water partition coefficient (Wildman–Crippen LogP) is 2.83. The molecule has 0 bridgehead atoms. The maximum Gasteiger partial charge on any atom is 0.157 e. The molecule has 0 saturated heterocycles. The number of benzene rings is 1. The van der Waals surface area contributed by atoms with Crippen LogP contribution in [0.3, 0.4) is 0 Å². The van der Waals surface area contributed by atoms with Crippen molar-refractivity contribution in [2.75, 3.05) is 6.61 Å². The number of aryl methyl sites for hydroxylation is 1. The molecule has 1 aliphatic carbocycles. The Kier molecular flexibility index (Phi) is 1.78. The van der Waals surface area contributed by atoms with Gasteiger partial charge < -0.3 is 4.74 Å². The average molecular weight is 197 g/mol. The van der Waals surface area contributed by atoms with E-state index in [1.54, 1.807) is 6.20 Å². The first-order chi connectivity index (χ1) is 7.40. The second kappa shape index (κ2) is 3.13. The largest absolute Gasteiger partial charge is 0.493 e. The summed E-state index contributed by atoms with van der Waals surface area (Å²) in [6, 6.07) is 4.21. The number of ether oxygens (including phenoxy) is 1. The second-order valence-electron chi connectivity index (χ2n) is 3.96. The highest BCUT2D eigenvalue weighted by molar-refractivity contribution is 5.77. The van der Waals surface area contributed by atoms with E-state index in [1.165, 1.54) is 22.3 Å². The summed E-state index contributed by atoms with van der Waals surface area (Å²) in [6.07, 6.45) is 4.75. The molecular weight excluding hydrogens is 186 g/mol. The SMILES string of the molecule is [C-]#[N+]C=C1CCc2ccc3c(c21)CCO3. The molecule has 1 heterocycles. The summed E-state index contributed by atoms with van der Waals surface area (Å²) >= 11 is 0. The fourth-order valence-electron chi connectivity index (χ4n) is 2.53. The van der Waals surface area contributed by atoms with Crippen LogP contribution in [0.1, 0.15) is 23.1 Å². The normalized spacial score (nSPS) is 19.5. The van der Waals surface area contributed by atoms with E-state index in [9.17, 15) is 0 Å². The lowest BCUT2D eigenvalue weighted by Gasteiger charge is -2.06. The van der Waals surface area contributed by atoms with Gasteiger partial charge in [0.1, 0.15) is 5.75 Å². The zero-order valence-electron chi connectivity index (χ0n) is 8.42. The molecule has 0 radical (unpaired) electrons. The minimum atomic E-state index is 0.789. The number of nitrogens with zero attached hydrogens (tertiary/aromatic N) is 1. The van der Waals surface area contributed by atoms with Crippen LogP contribution in [0, 0.1) is 6.57 Å². The van der Waals surface area contributed by atoms with Gasteiger partial charge in [0.15, 0.2) is 6.20 Å². The molecule has 15 heavy (non-hydrogen) atoms. The number of allylic oxidation sites excluding steroid dienone is 1. The molecule has 0 saturated carbocycles. The lowest BCUT2D eigenvalue weighted by Crippen LogP contribution is -1.89. The molecule has 0 fully saturated rings. The Hall–Kier alpha value is -1.75. The summed E-state index contributed by atoms with van der Waals surface area (Å²) in [5.41, 5.74) is 5.21. The maximum absolute atomic E-state index is 6.92. The van der Waals surface area contributed by atoms with Crippen LogP contribution in [0.15, 0.2) is 18.3 Å². The second-order valence-corrected chi connectivity index (χ2v) is 3.96. The molecule has 1 aliphatic heterocycles. The minimum absolute atomic E-state index is 0.789. The molecule has 2 heteroatoms. The van der Waals surface area contributed by atoms with Crippen molar-refractivity contribution < 1.29 is 4.74 Å². The molecule has 1 aromatic carbocycles. The van der Waals surface area contributed by atoms with Gasteiger partial charge in [-0.15, -0.1) is 0 Å². The Morgan fingerprint density at radius 2 is 2.20 bits per heavy atom. The molecule has 0 atom stereocenters. The van der Waals surface area contributed by atoms with E-state index in [0.29, 0.717) is 0 Å². The summed E-state index contributed by atoms with van der Waals surface area (Å²) in [7, 11) is 0. The molecular formula is C13H11NO. The molecule has 1 aromatic rings. The van der Waals surface area contributed by atoms with Crippen molar-refractivity contribution in [3.63, 3.8) is 0 Å². The van der Waals surface area contributed by atoms with Gasteiger partial charge in [-0.3, -0.25) is 0 Å². The third kappa shape index (κ3) is 1.16. The average Bonchev–Trinajstić information content (AvgIpc) is 2.83. The van der Waals surface area contributed by atoms with E-state index >= 15 is 0 Å². The number of hydrogen-bond acceptors (Lipinski definition) is 1. The first kappa shape index (κ1) is 8.55. The minimum Gasteiger partial charge on any atom is -0.493 e. The van der Waals surface area contributed by atoms with Crippen LogP contribution in [0.5, 0.6) is 5.75 Å². The van der Waals surface area contributed by atoms with Crippen LogP contribution in [0.2, 0.25) is 0 Å². The van der Waals surface area contributed by atoms with Gasteiger partial charge in [0.2, 0.25) is 0 Å². The van der Waals surface area contributed by atoms with Gasteiger partial charge in [0.05, 0.1) is 13.2 Å². The van der Waals surface area contributed by atoms with Crippen molar-refractivity contribution in [2.45, 2.75) is 19.3 Å². The number of hydrogen-bond donors (Lipinski definition) is 0. The summed E-state index contributed by atoms with van der Waals surface area (Å²) in [5, 5.41) is 0. The smallest absolute Gasteiger partial charge is 0.157 e. The van der Waals surface area contributed by atoms with E-state index < -0.39 is 0 Å². The molecule has 0 aromatic heterocycles. The van der Waals surface area contributed by atoms with Crippen molar-refractivity contribution in [3.8, 4) is 5.75 Å². The quantitative estimate of drug-likeness (QED) is 0.583. The van der Waals surface area contributed by atoms with Gasteiger partial charge in [0, 0.05) is 12.0 Å². The Balaban J connectivity index is 2.23. The van der Waals surface area contributed by atoms with Crippen LogP contribution in [-0.4, -0.2) is 6.61 Å². The Bertz CT molecular complexity index is 494. The molecule has 2 aliphatic rings. The third-order valence-corrected chi connectivity index (χ3v) is 3.17. The maximum atomic E-state index is 6.92. The highest BCUT2D eigenvalue weighted by atomic mass is 16.5. The summed E-state index contributed by atoms with van der Waals surface area (Å²) in [4.78, 5) is 3.39. The fraction of sp³-hybridized carbons (Fsp3) is 0.308. The van der Waals surface area contributed by atoms with Crippen molar-refractivity contribution in [1.29, 1.82) is 0 Å². The third-order valence-electron chi connectivity index (χ3n) is 3.17. The van der Waals surface area contributed by atoms with Crippen LogP contribution < -0.4 is 4.74 Å². The Morgan fingerprint density at radius 1 is 1.27 bits per heavy atom. The van der Waals surface area contributed by atoms with Crippen molar-refractivity contribution in [3.05, 3.63) is 46.4 Å². The zero-order valence-corrected chi connectivity index (χ0v) is 8.42. The molecule has 0 spiro atoms. The standard InChI is InChI=1S/C13H11NO/c1-14-8-10-3-2-9-4-5-12-11(13(9)10)6-7-15-12/h4-5,8H,2-3,6-7H2. The van der Waals surface area contributed by atoms with Gasteiger partial charge in [-0.05, 0) is 35.6 Å². The van der Waals surface area contributed by atoms with Crippen LogP contribution in [0.25, 0.3) is 10.4 Å². The molecule has 0 N–H and O–H groups in total. The van der Waals surface area contributed by atoms with Crippen LogP contribution in [0.4, 0.5) is 0 Å². The molecule has 74 valence electrons. The van der Waals surface area contributed by atoms with Gasteiger partial charge in [-0.2, -0.15) is 0 Å². The summed E-state index contributed by atoms with van der Waals surface area (Å²) < 4.78 is 5.55. The van der Waals surface area contributed by atoms with Gasteiger partial charge in [-0.25, -0.2) is 4.85 Å². The highest BCUT2D eigenvalue weighted by Crippen LogP contribution is 2.41. The first-order valence-corrected chi connectivity index (χ1v) is 5.23. The van der Waals surface area contributed by atoms with E-state index in [2.05, 4.69) is 17.0 Å². The first-order valence-electron chi connectivity index (χ1n) is 5.23. The van der Waals surface area contributed by atoms with Gasteiger partial charge >= 0.3 is 0 Å². The van der Waals surface area contributed by atoms with Crippen LogP contribution in [-0.2, 0) is 12.8 Å². The van der Waals surface area contributed by atoms with E-state index in [4.69, 9.17) is 11.3 Å². The monoisotopic (exact) mass is 197 g/mol. The summed E-state index contributed by atoms with van der Waals surface area (Å²) in [5.74, 6) is 1.02. The van der Waals surface area contributed by atoms with Crippen molar-refractivity contribution in [2.24, 2.45) is 0 Å². The van der Waals surface area contributed by atoms with Crippen molar-refractivity contribution >= 4 is 5.57 Å². The molecule has 3 rings (SSSR count). The zero-order chi connectivity index (χ0) is 10.3. The van der Waals surface area contributed by atoms with Gasteiger partial charge in [-0.1, -0.05) is 6.07 Å². The number of rotatable bonds is 0. The lowest BCUT2D eigenvalue weighted by molar-refractivity contribution is 0.357. The Morgan fingerprint density at radius 3 is 3.07 bits per heavy atom. The van der Waals surface area contributed by atoms with Crippen molar-refractivity contribution in [1.82, 2.24) is 0 Å². The molecule has 2 nitrogen and oxygen atoms in total. The van der Waals surface area contributed by atoms with Gasteiger partial charge in [0.25, 0.3) is 0 Å². The van der Waals surface area contributed by atoms with E-state index in [-0.39, 0.29) is 0 Å². The fourth-order valence-corrected chi connectivity index (χ4v) is 2.53. The summed E-state index contributed by atoms with van der Waals surface area (Å²) in [6.45, 7) is 7.71. The Labute approximate surface area is 89.0 Å². The molecule has 0 unspecified atom stereocenters. The molecule has 0 amide bonds. The highest BCUT2D eigenvalue weighted by Gasteiger charge is 2.24. The topological polar surface area (TPSA) is 13.6 Å². The number of fused-ring (bicyclic) bond motifs is 3. The van der Waals surface area contributed by atoms with E-state index in [0.717, 1.165) is 31.6 Å². The van der Waals surface area contributed by atoms with Crippen LogP contribution >= 0.6 is 0 Å². The lowest BCUT2D eigenvalue weighted by atomic mass is 9.99.